The minimum absolute atomic E-state index is 0.0290. The standard InChI is InChI=1S/C19H18O/c20-18-13-17(12-11-15-7-3-1-4-8-15)19(14-18)16-9-5-2-6-10-16/h1-12,17,19H,13-14H2/b12-11+/i14D. The maximum atomic E-state index is 12.0. The first-order valence-electron chi connectivity index (χ1n) is 7.56. The van der Waals surface area contributed by atoms with E-state index in [1.54, 1.807) is 0 Å². The predicted molar refractivity (Wildman–Crippen MR) is 82.4 cm³/mol. The number of carbonyl (C=O) groups excluding carboxylic acids is 1. The van der Waals surface area contributed by atoms with Crippen LogP contribution < -0.4 is 0 Å². The van der Waals surface area contributed by atoms with Gasteiger partial charge in [-0.15, -0.1) is 0 Å². The third kappa shape index (κ3) is 2.88. The lowest BCUT2D eigenvalue weighted by molar-refractivity contribution is -0.117. The van der Waals surface area contributed by atoms with Crippen molar-refractivity contribution in [2.45, 2.75) is 18.7 Å². The Morgan fingerprint density at radius 2 is 1.65 bits per heavy atom. The summed E-state index contributed by atoms with van der Waals surface area (Å²) in [5.74, 6) is 0.132. The Labute approximate surface area is 121 Å². The molecule has 0 aromatic heterocycles. The number of Topliss-reactive ketones (excluding diaryl/α,β-unsaturated/α-hetero) is 1. The normalized spacial score (nSPS) is 26.9. The molecule has 20 heavy (non-hydrogen) atoms. The van der Waals surface area contributed by atoms with Gasteiger partial charge in [-0.1, -0.05) is 72.8 Å². The number of hydrogen-bond acceptors (Lipinski definition) is 1. The Kier molecular flexibility index (Phi) is 3.42. The molecular weight excluding hydrogens is 244 g/mol. The van der Waals surface area contributed by atoms with Crippen molar-refractivity contribution in [3.63, 3.8) is 0 Å². The fraction of sp³-hybridized carbons (Fsp3) is 0.211. The number of carbonyl (C=O) groups is 1. The van der Waals surface area contributed by atoms with Crippen LogP contribution in [0.4, 0.5) is 0 Å². The summed E-state index contributed by atoms with van der Waals surface area (Å²) in [5.41, 5.74) is 2.22. The van der Waals surface area contributed by atoms with Crippen molar-refractivity contribution < 1.29 is 6.17 Å². The first-order valence-corrected chi connectivity index (χ1v) is 6.99. The Bertz CT molecular complexity index is 633. The van der Waals surface area contributed by atoms with Crippen LogP contribution in [0.15, 0.2) is 66.7 Å². The minimum atomic E-state index is -0.641. The summed E-state index contributed by atoms with van der Waals surface area (Å²) in [6.45, 7) is 0. The van der Waals surface area contributed by atoms with E-state index < -0.39 is 6.40 Å². The number of ketones is 1. The van der Waals surface area contributed by atoms with Gasteiger partial charge in [0.25, 0.3) is 0 Å². The zero-order chi connectivity index (χ0) is 14.7. The van der Waals surface area contributed by atoms with Gasteiger partial charge in [0.2, 0.25) is 0 Å². The summed E-state index contributed by atoms with van der Waals surface area (Å²) in [5, 5.41) is 0. The van der Waals surface area contributed by atoms with E-state index in [0.717, 1.165) is 11.1 Å². The van der Waals surface area contributed by atoms with E-state index in [4.69, 9.17) is 1.37 Å². The molecule has 0 bridgehead atoms. The van der Waals surface area contributed by atoms with E-state index in [1.807, 2.05) is 60.7 Å². The van der Waals surface area contributed by atoms with Crippen molar-refractivity contribution in [2.24, 2.45) is 5.92 Å². The largest absolute Gasteiger partial charge is 0.300 e. The molecule has 100 valence electrons. The summed E-state index contributed by atoms with van der Waals surface area (Å²) >= 11 is 0. The molecule has 1 nitrogen and oxygen atoms in total. The van der Waals surface area contributed by atoms with Gasteiger partial charge in [0.15, 0.2) is 0 Å². The number of benzene rings is 2. The summed E-state index contributed by atoms with van der Waals surface area (Å²) in [4.78, 5) is 12.0. The molecule has 1 saturated carbocycles. The highest BCUT2D eigenvalue weighted by atomic mass is 16.1. The molecule has 0 radical (unpaired) electrons. The van der Waals surface area contributed by atoms with E-state index in [1.165, 1.54) is 0 Å². The molecule has 0 saturated heterocycles. The maximum Gasteiger partial charge on any atom is 0.134 e. The molecule has 3 rings (SSSR count). The molecule has 0 amide bonds. The maximum absolute atomic E-state index is 12.0. The van der Waals surface area contributed by atoms with E-state index in [9.17, 15) is 4.79 Å². The first kappa shape index (κ1) is 11.7. The second kappa shape index (κ2) is 5.87. The Balaban J connectivity index is 1.86. The second-order valence-corrected chi connectivity index (χ2v) is 5.21. The van der Waals surface area contributed by atoms with Crippen LogP contribution in [-0.4, -0.2) is 5.78 Å². The van der Waals surface area contributed by atoms with Gasteiger partial charge < -0.3 is 0 Å². The molecule has 0 spiro atoms. The number of allylic oxidation sites excluding steroid dienone is 1. The molecule has 1 fully saturated rings. The van der Waals surface area contributed by atoms with Crippen molar-refractivity contribution in [3.8, 4) is 0 Å². The predicted octanol–water partition coefficient (Wildman–Crippen LogP) is 4.46. The quantitative estimate of drug-likeness (QED) is 0.799. The van der Waals surface area contributed by atoms with E-state index in [2.05, 4.69) is 12.2 Å². The highest BCUT2D eigenvalue weighted by Gasteiger charge is 2.31. The Hall–Kier alpha value is -2.15. The summed E-state index contributed by atoms with van der Waals surface area (Å²) in [6.07, 6.45) is 3.99. The number of hydrogen-bond donors (Lipinski definition) is 0. The zero-order valence-electron chi connectivity index (χ0n) is 12.3. The zero-order valence-corrected chi connectivity index (χ0v) is 11.3. The van der Waals surface area contributed by atoms with Crippen molar-refractivity contribution >= 4 is 11.9 Å². The molecule has 0 aliphatic heterocycles. The van der Waals surface area contributed by atoms with Gasteiger partial charge in [-0.3, -0.25) is 4.79 Å². The molecule has 0 heterocycles. The van der Waals surface area contributed by atoms with Crippen molar-refractivity contribution in [1.82, 2.24) is 0 Å². The Morgan fingerprint density at radius 1 is 1.00 bits per heavy atom. The lowest BCUT2D eigenvalue weighted by Gasteiger charge is -2.15. The average Bonchev–Trinajstić information content (AvgIpc) is 2.82. The SMILES string of the molecule is [2H]C1C(=O)CC(/C=C/c2ccccc2)C1c1ccccc1. The van der Waals surface area contributed by atoms with E-state index >= 15 is 0 Å². The van der Waals surface area contributed by atoms with Crippen molar-refractivity contribution in [1.29, 1.82) is 0 Å². The van der Waals surface area contributed by atoms with Gasteiger partial charge in [-0.25, -0.2) is 0 Å². The van der Waals surface area contributed by atoms with Gasteiger partial charge in [0.05, 0.1) is 0 Å². The van der Waals surface area contributed by atoms with Crippen LogP contribution in [0.3, 0.4) is 0 Å². The fourth-order valence-electron chi connectivity index (χ4n) is 2.76. The lowest BCUT2D eigenvalue weighted by atomic mass is 9.88. The van der Waals surface area contributed by atoms with Crippen LogP contribution in [0.1, 0.15) is 31.2 Å². The minimum Gasteiger partial charge on any atom is -0.300 e. The molecule has 1 heteroatoms. The van der Waals surface area contributed by atoms with Gasteiger partial charge in [0, 0.05) is 14.2 Å². The highest BCUT2D eigenvalue weighted by molar-refractivity contribution is 5.83. The van der Waals surface area contributed by atoms with Crippen LogP contribution in [0, 0.1) is 5.92 Å². The summed E-state index contributed by atoms with van der Waals surface area (Å²) < 4.78 is 8.16. The molecule has 3 atom stereocenters. The molecule has 0 N–H and O–H groups in total. The van der Waals surface area contributed by atoms with Crippen molar-refractivity contribution in [3.05, 3.63) is 77.9 Å². The first-order chi connectivity index (χ1) is 10.3. The van der Waals surface area contributed by atoms with Gasteiger partial charge in [-0.2, -0.15) is 0 Å². The summed E-state index contributed by atoms with van der Waals surface area (Å²) in [7, 11) is 0. The third-order valence-electron chi connectivity index (χ3n) is 3.78. The van der Waals surface area contributed by atoms with Gasteiger partial charge in [-0.05, 0) is 23.0 Å². The van der Waals surface area contributed by atoms with Crippen LogP contribution in [-0.2, 0) is 4.79 Å². The Morgan fingerprint density at radius 3 is 2.35 bits per heavy atom. The lowest BCUT2D eigenvalue weighted by Crippen LogP contribution is -2.02. The van der Waals surface area contributed by atoms with Crippen LogP contribution >= 0.6 is 0 Å². The molecule has 3 unspecified atom stereocenters. The average molecular weight is 263 g/mol. The number of rotatable bonds is 3. The monoisotopic (exact) mass is 263 g/mol. The molecule has 2 aromatic carbocycles. The molecule has 1 aliphatic rings. The second-order valence-electron chi connectivity index (χ2n) is 5.21. The van der Waals surface area contributed by atoms with Crippen LogP contribution in [0.2, 0.25) is 0 Å². The molecule has 2 aromatic rings. The summed E-state index contributed by atoms with van der Waals surface area (Å²) in [6, 6.07) is 20.0. The molecule has 1 aliphatic carbocycles. The smallest absolute Gasteiger partial charge is 0.134 e. The van der Waals surface area contributed by atoms with Gasteiger partial charge >= 0.3 is 0 Å². The van der Waals surface area contributed by atoms with E-state index in [-0.39, 0.29) is 17.6 Å². The van der Waals surface area contributed by atoms with Crippen LogP contribution in [0.25, 0.3) is 6.08 Å². The van der Waals surface area contributed by atoms with Gasteiger partial charge in [0.1, 0.15) is 5.78 Å². The molecular formula is C19H18O. The van der Waals surface area contributed by atoms with Crippen LogP contribution in [0.5, 0.6) is 0 Å². The topological polar surface area (TPSA) is 17.1 Å². The fourth-order valence-corrected chi connectivity index (χ4v) is 2.76. The highest BCUT2D eigenvalue weighted by Crippen LogP contribution is 2.38. The third-order valence-corrected chi connectivity index (χ3v) is 3.78. The van der Waals surface area contributed by atoms with Crippen molar-refractivity contribution in [2.75, 3.05) is 0 Å². The van der Waals surface area contributed by atoms with E-state index in [0.29, 0.717) is 6.42 Å².